The van der Waals surface area contributed by atoms with E-state index in [1.54, 1.807) is 30.3 Å². The van der Waals surface area contributed by atoms with Crippen molar-refractivity contribution in [3.63, 3.8) is 0 Å². The van der Waals surface area contributed by atoms with E-state index in [4.69, 9.17) is 16.3 Å². The van der Waals surface area contributed by atoms with Crippen LogP contribution in [0, 0.1) is 6.92 Å². The molecule has 2 aromatic carbocycles. The van der Waals surface area contributed by atoms with E-state index in [-0.39, 0.29) is 11.7 Å². The first-order chi connectivity index (χ1) is 14.2. The monoisotopic (exact) mass is 464 g/mol. The molecule has 0 radical (unpaired) electrons. The van der Waals surface area contributed by atoms with Gasteiger partial charge in [0.25, 0.3) is 5.91 Å². The first-order valence-electron chi connectivity index (χ1n) is 8.86. The summed E-state index contributed by atoms with van der Waals surface area (Å²) in [4.78, 5) is 12.8. The number of sulfonamides is 1. The zero-order chi connectivity index (χ0) is 21.5. The van der Waals surface area contributed by atoms with Crippen molar-refractivity contribution in [1.82, 2.24) is 10.2 Å². The number of carbonyl (C=O) groups is 1. The molecule has 30 heavy (non-hydrogen) atoms. The fraction of sp³-hybridized carbons (Fsp3) is 0.211. The van der Waals surface area contributed by atoms with Crippen molar-refractivity contribution in [2.75, 3.05) is 22.4 Å². The number of ether oxygens (including phenoxy) is 1. The Morgan fingerprint density at radius 1 is 1.23 bits per heavy atom. The third kappa shape index (κ3) is 4.25. The Labute approximate surface area is 182 Å². The summed E-state index contributed by atoms with van der Waals surface area (Å²) in [5, 5.41) is 12.2. The van der Waals surface area contributed by atoms with Gasteiger partial charge in [0, 0.05) is 10.6 Å². The maximum absolute atomic E-state index is 12.8. The summed E-state index contributed by atoms with van der Waals surface area (Å²) in [5.41, 5.74) is 2.12. The van der Waals surface area contributed by atoms with E-state index >= 15 is 0 Å². The minimum absolute atomic E-state index is 0.135. The number of nitrogens with zero attached hydrogens (tertiary/aromatic N) is 3. The highest BCUT2D eigenvalue weighted by Gasteiger charge is 2.35. The summed E-state index contributed by atoms with van der Waals surface area (Å²) in [7, 11) is -3.59. The quantitative estimate of drug-likeness (QED) is 0.635. The molecule has 2 heterocycles. The van der Waals surface area contributed by atoms with Crippen LogP contribution >= 0.6 is 22.9 Å². The molecule has 1 aliphatic rings. The lowest BCUT2D eigenvalue weighted by molar-refractivity contribution is -0.122. The molecule has 1 aromatic heterocycles. The number of anilines is 2. The third-order valence-corrected chi connectivity index (χ3v) is 6.71. The largest absolute Gasteiger partial charge is 0.476 e. The summed E-state index contributed by atoms with van der Waals surface area (Å²) in [6.45, 7) is 1.72. The Hall–Kier alpha value is -2.69. The molecule has 1 aliphatic heterocycles. The van der Waals surface area contributed by atoms with Crippen LogP contribution in [0.2, 0.25) is 5.02 Å². The fourth-order valence-corrected chi connectivity index (χ4v) is 4.76. The van der Waals surface area contributed by atoms with Gasteiger partial charge < -0.3 is 4.74 Å². The number of hydrogen-bond donors (Lipinski definition) is 1. The van der Waals surface area contributed by atoms with Crippen molar-refractivity contribution in [3.8, 4) is 16.3 Å². The van der Waals surface area contributed by atoms with Crippen LogP contribution in [0.5, 0.6) is 5.75 Å². The smallest absolute Gasteiger partial charge is 0.269 e. The van der Waals surface area contributed by atoms with Crippen LogP contribution in [0.4, 0.5) is 10.8 Å². The van der Waals surface area contributed by atoms with Crippen molar-refractivity contribution < 1.29 is 17.9 Å². The number of aryl methyl sites for hydroxylation is 1. The average molecular weight is 465 g/mol. The van der Waals surface area contributed by atoms with Gasteiger partial charge in [-0.25, -0.2) is 8.42 Å². The highest BCUT2D eigenvalue weighted by atomic mass is 35.5. The van der Waals surface area contributed by atoms with Crippen LogP contribution in [0.15, 0.2) is 42.5 Å². The number of benzene rings is 2. The second-order valence-corrected chi connectivity index (χ2v) is 10.1. The number of aromatic nitrogens is 2. The van der Waals surface area contributed by atoms with Gasteiger partial charge in [-0.15, -0.1) is 10.2 Å². The molecule has 0 saturated heterocycles. The van der Waals surface area contributed by atoms with Gasteiger partial charge in [-0.3, -0.25) is 14.4 Å². The maximum Gasteiger partial charge on any atom is 0.269 e. The fourth-order valence-electron chi connectivity index (χ4n) is 2.98. The van der Waals surface area contributed by atoms with Crippen LogP contribution in [-0.2, 0) is 14.8 Å². The zero-order valence-corrected chi connectivity index (χ0v) is 18.4. The first-order valence-corrected chi connectivity index (χ1v) is 11.9. The Balaban J connectivity index is 1.54. The summed E-state index contributed by atoms with van der Waals surface area (Å²) in [6, 6.07) is 12.3. The van der Waals surface area contributed by atoms with Gasteiger partial charge in [0.05, 0.1) is 18.5 Å². The Kier molecular flexibility index (Phi) is 5.39. The number of amides is 1. The van der Waals surface area contributed by atoms with E-state index in [1.165, 1.54) is 15.6 Å². The molecule has 0 spiro atoms. The number of halogens is 1. The molecule has 1 N–H and O–H groups in total. The standard InChI is InChI=1S/C19H17ClN4O4S2/c1-11-3-8-15-14(9-11)24(30(2,26)27)10-16(28-15)17(25)21-19-23-22-18(29-19)12-4-6-13(20)7-5-12/h3-9,16H,10H2,1-2H3,(H,21,23,25). The highest BCUT2D eigenvalue weighted by Crippen LogP contribution is 2.36. The molecule has 11 heteroatoms. The van der Waals surface area contributed by atoms with Crippen LogP contribution in [-0.4, -0.2) is 43.4 Å². The van der Waals surface area contributed by atoms with Gasteiger partial charge >= 0.3 is 0 Å². The maximum atomic E-state index is 12.8. The second kappa shape index (κ2) is 7.86. The normalized spacial score (nSPS) is 16.0. The molecule has 156 valence electrons. The van der Waals surface area contributed by atoms with Gasteiger partial charge in [0.1, 0.15) is 10.8 Å². The Bertz CT molecular complexity index is 1210. The van der Waals surface area contributed by atoms with E-state index in [0.717, 1.165) is 17.4 Å². The molecule has 0 fully saturated rings. The number of fused-ring (bicyclic) bond motifs is 1. The SMILES string of the molecule is Cc1ccc2c(c1)N(S(C)(=O)=O)CC(C(=O)Nc1nnc(-c3ccc(Cl)cc3)s1)O2. The van der Waals surface area contributed by atoms with Gasteiger partial charge in [0.2, 0.25) is 15.2 Å². The number of carbonyl (C=O) groups excluding carboxylic acids is 1. The predicted molar refractivity (Wildman–Crippen MR) is 117 cm³/mol. The van der Waals surface area contributed by atoms with Crippen molar-refractivity contribution in [2.45, 2.75) is 13.0 Å². The third-order valence-electron chi connectivity index (χ3n) is 4.42. The van der Waals surface area contributed by atoms with Crippen molar-refractivity contribution >= 4 is 49.7 Å². The topological polar surface area (TPSA) is 101 Å². The summed E-state index contributed by atoms with van der Waals surface area (Å²) in [5.74, 6) is -0.176. The van der Waals surface area contributed by atoms with Crippen molar-refractivity contribution in [2.24, 2.45) is 0 Å². The average Bonchev–Trinajstić information content (AvgIpc) is 3.15. The highest BCUT2D eigenvalue weighted by molar-refractivity contribution is 7.92. The Morgan fingerprint density at radius 2 is 1.97 bits per heavy atom. The van der Waals surface area contributed by atoms with Crippen LogP contribution in [0.1, 0.15) is 5.56 Å². The lowest BCUT2D eigenvalue weighted by Gasteiger charge is -2.34. The predicted octanol–water partition coefficient (Wildman–Crippen LogP) is 3.33. The lowest BCUT2D eigenvalue weighted by Crippen LogP contribution is -2.48. The summed E-state index contributed by atoms with van der Waals surface area (Å²) in [6.07, 6.45) is 0.0699. The molecule has 4 rings (SSSR count). The molecule has 1 amide bonds. The zero-order valence-electron chi connectivity index (χ0n) is 16.0. The van der Waals surface area contributed by atoms with Crippen LogP contribution in [0.25, 0.3) is 10.6 Å². The van der Waals surface area contributed by atoms with E-state index in [1.807, 2.05) is 19.1 Å². The van der Waals surface area contributed by atoms with Crippen LogP contribution < -0.4 is 14.4 Å². The first kappa shape index (κ1) is 20.6. The van der Waals surface area contributed by atoms with Gasteiger partial charge in [-0.2, -0.15) is 0 Å². The van der Waals surface area contributed by atoms with Crippen molar-refractivity contribution in [3.05, 3.63) is 53.1 Å². The molecule has 1 atom stereocenters. The number of rotatable bonds is 4. The molecule has 3 aromatic rings. The molecule has 0 bridgehead atoms. The van der Waals surface area contributed by atoms with Crippen molar-refractivity contribution in [1.29, 1.82) is 0 Å². The number of hydrogen-bond acceptors (Lipinski definition) is 7. The van der Waals surface area contributed by atoms with Gasteiger partial charge in [-0.05, 0) is 36.8 Å². The molecule has 0 aliphatic carbocycles. The summed E-state index contributed by atoms with van der Waals surface area (Å²) >= 11 is 7.09. The van der Waals surface area contributed by atoms with E-state index in [2.05, 4.69) is 15.5 Å². The van der Waals surface area contributed by atoms with Crippen LogP contribution in [0.3, 0.4) is 0 Å². The second-order valence-electron chi connectivity index (χ2n) is 6.78. The molecule has 1 unspecified atom stereocenters. The minimum Gasteiger partial charge on any atom is -0.476 e. The molecular weight excluding hydrogens is 448 g/mol. The molecule has 8 nitrogen and oxygen atoms in total. The Morgan fingerprint density at radius 3 is 2.67 bits per heavy atom. The van der Waals surface area contributed by atoms with E-state index < -0.39 is 22.0 Å². The van der Waals surface area contributed by atoms with Gasteiger partial charge in [0.15, 0.2) is 6.10 Å². The molecule has 0 saturated carbocycles. The van der Waals surface area contributed by atoms with Gasteiger partial charge in [-0.1, -0.05) is 41.1 Å². The molecular formula is C19H17ClN4O4S2. The minimum atomic E-state index is -3.59. The van der Waals surface area contributed by atoms with E-state index in [9.17, 15) is 13.2 Å². The number of nitrogens with one attached hydrogen (secondary N) is 1. The lowest BCUT2D eigenvalue weighted by atomic mass is 10.1. The summed E-state index contributed by atoms with van der Waals surface area (Å²) < 4.78 is 31.5. The van der Waals surface area contributed by atoms with E-state index in [0.29, 0.717) is 21.5 Å².